The second kappa shape index (κ2) is 4.53. The lowest BCUT2D eigenvalue weighted by atomic mass is 10.2. The largest absolute Gasteiger partial charge is 0.573 e. The van der Waals surface area contributed by atoms with Crippen LogP contribution < -0.4 is 10.5 Å². The first kappa shape index (κ1) is 12.8. The van der Waals surface area contributed by atoms with Crippen molar-refractivity contribution < 1.29 is 22.3 Å². The summed E-state index contributed by atoms with van der Waals surface area (Å²) in [7, 11) is 0. The highest BCUT2D eigenvalue weighted by Crippen LogP contribution is 2.34. The Bertz CT molecular complexity index is 643. The first-order valence-corrected chi connectivity index (χ1v) is 4.92. The number of rotatable bonds is 2. The second-order valence-corrected chi connectivity index (χ2v) is 3.39. The Morgan fingerprint density at radius 1 is 1.32 bits per heavy atom. The summed E-state index contributed by atoms with van der Waals surface area (Å²) in [5, 5.41) is 8.67. The molecule has 0 saturated carbocycles. The van der Waals surface area contributed by atoms with Crippen LogP contribution in [0.15, 0.2) is 28.7 Å². The fourth-order valence-electron chi connectivity index (χ4n) is 1.38. The van der Waals surface area contributed by atoms with Gasteiger partial charge >= 0.3 is 6.36 Å². The smallest absolute Gasteiger partial charge is 0.419 e. The molecule has 2 aromatic rings. The normalized spacial score (nSPS) is 11.1. The third kappa shape index (κ3) is 2.77. The Morgan fingerprint density at radius 2 is 2.00 bits per heavy atom. The van der Waals surface area contributed by atoms with Gasteiger partial charge in [0.15, 0.2) is 0 Å². The number of nitrogens with zero attached hydrogens (tertiary/aromatic N) is 2. The number of nitriles is 1. The highest BCUT2D eigenvalue weighted by molar-refractivity contribution is 5.65. The molecule has 0 aliphatic rings. The summed E-state index contributed by atoms with van der Waals surface area (Å²) in [6, 6.07) is 6.92. The summed E-state index contributed by atoms with van der Waals surface area (Å²) in [5.74, 6) is -0.964. The summed E-state index contributed by atoms with van der Waals surface area (Å²) in [4.78, 5) is 3.69. The van der Waals surface area contributed by atoms with Crippen molar-refractivity contribution >= 4 is 5.88 Å². The van der Waals surface area contributed by atoms with Crippen molar-refractivity contribution in [3.8, 4) is 23.3 Å². The predicted molar refractivity (Wildman–Crippen MR) is 57.7 cm³/mol. The number of benzene rings is 1. The molecule has 0 atom stereocenters. The van der Waals surface area contributed by atoms with Crippen molar-refractivity contribution in [3.63, 3.8) is 0 Å². The number of halogens is 3. The van der Waals surface area contributed by atoms with Gasteiger partial charge in [-0.15, -0.1) is 13.2 Å². The van der Waals surface area contributed by atoms with Crippen molar-refractivity contribution in [1.82, 2.24) is 4.98 Å². The number of aromatic nitrogens is 1. The maximum absolute atomic E-state index is 12.2. The van der Waals surface area contributed by atoms with Crippen LogP contribution >= 0.6 is 0 Å². The Labute approximate surface area is 105 Å². The number of nitrogens with two attached hydrogens (primary N) is 1. The van der Waals surface area contributed by atoms with E-state index < -0.39 is 12.1 Å². The molecule has 0 radical (unpaired) electrons. The highest BCUT2D eigenvalue weighted by Gasteiger charge is 2.32. The number of hydrogen-bond acceptors (Lipinski definition) is 5. The van der Waals surface area contributed by atoms with Crippen molar-refractivity contribution in [2.75, 3.05) is 5.73 Å². The highest BCUT2D eigenvalue weighted by atomic mass is 19.4. The molecule has 8 heteroatoms. The average Bonchev–Trinajstić information content (AvgIpc) is 2.69. The maximum atomic E-state index is 12.2. The number of anilines is 1. The Morgan fingerprint density at radius 3 is 2.58 bits per heavy atom. The molecule has 19 heavy (non-hydrogen) atoms. The molecule has 0 aliphatic heterocycles. The minimum absolute atomic E-state index is 0.0481. The van der Waals surface area contributed by atoms with Crippen molar-refractivity contribution in [2.45, 2.75) is 6.36 Å². The first-order valence-electron chi connectivity index (χ1n) is 4.92. The molecule has 0 unspecified atom stereocenters. The van der Waals surface area contributed by atoms with Gasteiger partial charge in [-0.1, -0.05) is 12.1 Å². The Kier molecular flexibility index (Phi) is 3.04. The lowest BCUT2D eigenvalue weighted by Crippen LogP contribution is -2.17. The minimum atomic E-state index is -4.84. The molecule has 0 spiro atoms. The van der Waals surface area contributed by atoms with Gasteiger partial charge in [-0.05, 0) is 12.1 Å². The van der Waals surface area contributed by atoms with E-state index in [0.717, 1.165) is 6.07 Å². The van der Waals surface area contributed by atoms with Gasteiger partial charge in [0.2, 0.25) is 17.5 Å². The van der Waals surface area contributed by atoms with Crippen LogP contribution in [0.1, 0.15) is 5.69 Å². The van der Waals surface area contributed by atoms with Crippen LogP contribution in [0, 0.1) is 11.3 Å². The van der Waals surface area contributed by atoms with Crippen LogP contribution in [-0.4, -0.2) is 11.3 Å². The summed E-state index contributed by atoms with van der Waals surface area (Å²) in [6.07, 6.45) is -4.84. The second-order valence-electron chi connectivity index (χ2n) is 3.39. The van der Waals surface area contributed by atoms with Crippen molar-refractivity contribution in [2.24, 2.45) is 0 Å². The summed E-state index contributed by atoms with van der Waals surface area (Å²) < 4.78 is 45.5. The maximum Gasteiger partial charge on any atom is 0.573 e. The monoisotopic (exact) mass is 269 g/mol. The lowest BCUT2D eigenvalue weighted by molar-refractivity contribution is -0.274. The molecular formula is C11H6F3N3O2. The number of alkyl halides is 3. The molecule has 2 N–H and O–H groups in total. The van der Waals surface area contributed by atoms with E-state index in [1.807, 2.05) is 0 Å². The SMILES string of the molecule is N#Cc1nc(-c2ccccc2OC(F)(F)F)oc1N. The number of para-hydroxylation sites is 1. The van der Waals surface area contributed by atoms with Crippen LogP contribution in [-0.2, 0) is 0 Å². The quantitative estimate of drug-likeness (QED) is 0.905. The number of ether oxygens (including phenoxy) is 1. The van der Waals surface area contributed by atoms with Gasteiger partial charge in [0, 0.05) is 0 Å². The molecule has 0 aliphatic carbocycles. The number of nitrogen functional groups attached to an aromatic ring is 1. The zero-order valence-electron chi connectivity index (χ0n) is 9.23. The summed E-state index contributed by atoms with van der Waals surface area (Å²) in [6.45, 7) is 0. The molecular weight excluding hydrogens is 263 g/mol. The molecule has 1 heterocycles. The molecule has 2 rings (SSSR count). The van der Waals surface area contributed by atoms with Gasteiger partial charge in [-0.2, -0.15) is 10.2 Å². The Balaban J connectivity index is 2.47. The van der Waals surface area contributed by atoms with Gasteiger partial charge in [0.05, 0.1) is 5.56 Å². The van der Waals surface area contributed by atoms with E-state index in [9.17, 15) is 13.2 Å². The molecule has 0 bridgehead atoms. The van der Waals surface area contributed by atoms with E-state index >= 15 is 0 Å². The molecule has 1 aromatic carbocycles. The van der Waals surface area contributed by atoms with E-state index in [1.54, 1.807) is 6.07 Å². The summed E-state index contributed by atoms with van der Waals surface area (Å²) >= 11 is 0. The van der Waals surface area contributed by atoms with Gasteiger partial charge in [-0.25, -0.2) is 0 Å². The van der Waals surface area contributed by atoms with Gasteiger partial charge < -0.3 is 14.9 Å². The number of hydrogen-bond donors (Lipinski definition) is 1. The number of oxazole rings is 1. The van der Waals surface area contributed by atoms with Crippen molar-refractivity contribution in [3.05, 3.63) is 30.0 Å². The molecule has 0 fully saturated rings. The fraction of sp³-hybridized carbons (Fsp3) is 0.0909. The van der Waals surface area contributed by atoms with Crippen LogP contribution in [0.5, 0.6) is 5.75 Å². The topological polar surface area (TPSA) is 85.1 Å². The van der Waals surface area contributed by atoms with E-state index in [1.165, 1.54) is 18.2 Å². The zero-order chi connectivity index (χ0) is 14.0. The van der Waals surface area contributed by atoms with Crippen molar-refractivity contribution in [1.29, 1.82) is 5.26 Å². The van der Waals surface area contributed by atoms with E-state index in [0.29, 0.717) is 0 Å². The Hall–Kier alpha value is -2.69. The summed E-state index contributed by atoms with van der Waals surface area (Å²) in [5.41, 5.74) is 5.11. The van der Waals surface area contributed by atoms with E-state index in [2.05, 4.69) is 9.72 Å². The molecule has 1 aromatic heterocycles. The van der Waals surface area contributed by atoms with Gasteiger partial charge in [-0.3, -0.25) is 0 Å². The van der Waals surface area contributed by atoms with Gasteiger partial charge in [0.25, 0.3) is 0 Å². The van der Waals surface area contributed by atoms with Gasteiger partial charge in [0.1, 0.15) is 11.8 Å². The van der Waals surface area contributed by atoms with E-state index in [-0.39, 0.29) is 23.0 Å². The standard InChI is InChI=1S/C11H6F3N3O2/c12-11(13,14)19-8-4-2-1-3-6(8)10-17-7(5-15)9(16)18-10/h1-4H,16H2. The fourth-order valence-corrected chi connectivity index (χ4v) is 1.38. The third-order valence-corrected chi connectivity index (χ3v) is 2.10. The predicted octanol–water partition coefficient (Wildman–Crippen LogP) is 2.69. The zero-order valence-corrected chi connectivity index (χ0v) is 9.23. The minimum Gasteiger partial charge on any atom is -0.419 e. The molecule has 98 valence electrons. The molecule has 5 nitrogen and oxygen atoms in total. The van der Waals surface area contributed by atoms with Crippen LogP contribution in [0.3, 0.4) is 0 Å². The third-order valence-electron chi connectivity index (χ3n) is 2.10. The first-order chi connectivity index (χ1) is 8.90. The van der Waals surface area contributed by atoms with Crippen LogP contribution in [0.25, 0.3) is 11.5 Å². The van der Waals surface area contributed by atoms with E-state index in [4.69, 9.17) is 15.4 Å². The molecule has 0 saturated heterocycles. The average molecular weight is 269 g/mol. The van der Waals surface area contributed by atoms with Crippen LogP contribution in [0.4, 0.5) is 19.1 Å². The lowest BCUT2D eigenvalue weighted by Gasteiger charge is -2.10. The molecule has 0 amide bonds. The van der Waals surface area contributed by atoms with Crippen LogP contribution in [0.2, 0.25) is 0 Å².